The molecular weight excluding hydrogens is 281 g/mol. The topological polar surface area (TPSA) is 46.9 Å². The molecule has 0 aliphatic rings. The Morgan fingerprint density at radius 2 is 2.00 bits per heavy atom. The molecule has 0 bridgehead atoms. The Labute approximate surface area is 127 Å². The van der Waals surface area contributed by atoms with Crippen molar-refractivity contribution < 1.29 is 9.18 Å². The van der Waals surface area contributed by atoms with Crippen molar-refractivity contribution in [3.8, 4) is 5.69 Å². The average Bonchev–Trinajstić information content (AvgIpc) is 3.08. The SMILES string of the molecule is O=C(NCc1cccnc1)c1cc(-n2cccc2)ccc1F. The van der Waals surface area contributed by atoms with Crippen LogP contribution in [0.3, 0.4) is 0 Å². The summed E-state index contributed by atoms with van der Waals surface area (Å²) in [6.45, 7) is 0.305. The Morgan fingerprint density at radius 3 is 2.73 bits per heavy atom. The first-order valence-corrected chi connectivity index (χ1v) is 6.84. The van der Waals surface area contributed by atoms with Crippen molar-refractivity contribution >= 4 is 5.91 Å². The molecule has 0 aliphatic carbocycles. The minimum Gasteiger partial charge on any atom is -0.348 e. The number of amides is 1. The van der Waals surface area contributed by atoms with Gasteiger partial charge in [-0.05, 0) is 42.0 Å². The van der Waals surface area contributed by atoms with Gasteiger partial charge in [0.05, 0.1) is 5.56 Å². The predicted molar refractivity (Wildman–Crippen MR) is 81.1 cm³/mol. The van der Waals surface area contributed by atoms with E-state index in [9.17, 15) is 9.18 Å². The fraction of sp³-hybridized carbons (Fsp3) is 0.0588. The molecule has 5 heteroatoms. The van der Waals surface area contributed by atoms with Crippen molar-refractivity contribution in [1.82, 2.24) is 14.9 Å². The van der Waals surface area contributed by atoms with E-state index in [1.807, 2.05) is 35.2 Å². The highest BCUT2D eigenvalue weighted by molar-refractivity contribution is 5.95. The zero-order valence-corrected chi connectivity index (χ0v) is 11.7. The summed E-state index contributed by atoms with van der Waals surface area (Å²) in [6.07, 6.45) is 6.99. The molecule has 0 fully saturated rings. The van der Waals surface area contributed by atoms with Gasteiger partial charge in [0, 0.05) is 37.0 Å². The lowest BCUT2D eigenvalue weighted by molar-refractivity contribution is 0.0947. The number of hydrogen-bond acceptors (Lipinski definition) is 2. The van der Waals surface area contributed by atoms with Gasteiger partial charge in [-0.2, -0.15) is 0 Å². The van der Waals surface area contributed by atoms with Gasteiger partial charge in [0.1, 0.15) is 5.82 Å². The summed E-state index contributed by atoms with van der Waals surface area (Å²) in [5.74, 6) is -0.991. The number of carbonyl (C=O) groups is 1. The maximum Gasteiger partial charge on any atom is 0.254 e. The summed E-state index contributed by atoms with van der Waals surface area (Å²) in [4.78, 5) is 16.2. The van der Waals surface area contributed by atoms with Gasteiger partial charge < -0.3 is 9.88 Å². The monoisotopic (exact) mass is 295 g/mol. The van der Waals surface area contributed by atoms with E-state index in [4.69, 9.17) is 0 Å². The van der Waals surface area contributed by atoms with Crippen LogP contribution >= 0.6 is 0 Å². The van der Waals surface area contributed by atoms with Crippen LogP contribution in [0, 0.1) is 5.82 Å². The summed E-state index contributed by atoms with van der Waals surface area (Å²) >= 11 is 0. The minimum atomic E-state index is -0.542. The first-order chi connectivity index (χ1) is 10.7. The fourth-order valence-corrected chi connectivity index (χ4v) is 2.13. The molecule has 110 valence electrons. The predicted octanol–water partition coefficient (Wildman–Crippen LogP) is 2.94. The normalized spacial score (nSPS) is 10.4. The average molecular weight is 295 g/mol. The molecule has 0 aliphatic heterocycles. The number of halogens is 1. The highest BCUT2D eigenvalue weighted by atomic mass is 19.1. The highest BCUT2D eigenvalue weighted by Crippen LogP contribution is 2.15. The molecule has 2 heterocycles. The first kappa shape index (κ1) is 14.0. The largest absolute Gasteiger partial charge is 0.348 e. The molecule has 3 aromatic rings. The van der Waals surface area contributed by atoms with E-state index in [1.54, 1.807) is 24.5 Å². The summed E-state index contributed by atoms with van der Waals surface area (Å²) in [5.41, 5.74) is 1.62. The number of aromatic nitrogens is 2. The van der Waals surface area contributed by atoms with Crippen molar-refractivity contribution in [1.29, 1.82) is 0 Å². The van der Waals surface area contributed by atoms with Crippen molar-refractivity contribution in [2.24, 2.45) is 0 Å². The van der Waals surface area contributed by atoms with Crippen LogP contribution < -0.4 is 5.32 Å². The molecule has 1 N–H and O–H groups in total. The summed E-state index contributed by atoms with van der Waals surface area (Å²) in [5, 5.41) is 2.70. The lowest BCUT2D eigenvalue weighted by Crippen LogP contribution is -2.24. The van der Waals surface area contributed by atoms with Crippen LogP contribution in [0.5, 0.6) is 0 Å². The van der Waals surface area contributed by atoms with Crippen molar-refractivity contribution in [2.75, 3.05) is 0 Å². The van der Waals surface area contributed by atoms with E-state index in [-0.39, 0.29) is 5.56 Å². The lowest BCUT2D eigenvalue weighted by Gasteiger charge is -2.09. The molecule has 2 aromatic heterocycles. The molecule has 0 saturated carbocycles. The van der Waals surface area contributed by atoms with Crippen LogP contribution in [0.4, 0.5) is 4.39 Å². The molecule has 0 unspecified atom stereocenters. The number of carbonyl (C=O) groups excluding carboxylic acids is 1. The number of nitrogens with one attached hydrogen (secondary N) is 1. The van der Waals surface area contributed by atoms with Gasteiger partial charge >= 0.3 is 0 Å². The second-order valence-corrected chi connectivity index (χ2v) is 4.80. The number of nitrogens with zero attached hydrogens (tertiary/aromatic N) is 2. The van der Waals surface area contributed by atoms with Crippen LogP contribution in [0.1, 0.15) is 15.9 Å². The van der Waals surface area contributed by atoms with Gasteiger partial charge in [-0.25, -0.2) is 4.39 Å². The minimum absolute atomic E-state index is 0.0232. The van der Waals surface area contributed by atoms with Crippen LogP contribution in [-0.2, 0) is 6.54 Å². The van der Waals surface area contributed by atoms with E-state index in [0.29, 0.717) is 6.54 Å². The summed E-state index contributed by atoms with van der Waals surface area (Å²) in [7, 11) is 0. The Balaban J connectivity index is 1.78. The smallest absolute Gasteiger partial charge is 0.254 e. The van der Waals surface area contributed by atoms with Gasteiger partial charge in [-0.3, -0.25) is 9.78 Å². The van der Waals surface area contributed by atoms with Crippen LogP contribution in [0.15, 0.2) is 67.3 Å². The van der Waals surface area contributed by atoms with Crippen LogP contribution in [0.2, 0.25) is 0 Å². The number of pyridine rings is 1. The van der Waals surface area contributed by atoms with Gasteiger partial charge in [0.2, 0.25) is 0 Å². The Kier molecular flexibility index (Phi) is 3.96. The van der Waals surface area contributed by atoms with E-state index in [1.165, 1.54) is 12.1 Å². The summed E-state index contributed by atoms with van der Waals surface area (Å²) in [6, 6.07) is 11.8. The maximum atomic E-state index is 13.9. The lowest BCUT2D eigenvalue weighted by atomic mass is 10.1. The Bertz CT molecular complexity index is 770. The van der Waals surface area contributed by atoms with Crippen molar-refractivity contribution in [2.45, 2.75) is 6.54 Å². The molecule has 1 aromatic carbocycles. The Hall–Kier alpha value is -2.95. The van der Waals surface area contributed by atoms with Gasteiger partial charge in [0.15, 0.2) is 0 Å². The molecule has 3 rings (SSSR count). The van der Waals surface area contributed by atoms with Gasteiger partial charge in [-0.15, -0.1) is 0 Å². The standard InChI is InChI=1S/C17H14FN3O/c18-16-6-5-14(21-8-1-2-9-21)10-15(16)17(22)20-12-13-4-3-7-19-11-13/h1-11H,12H2,(H,20,22). The number of benzene rings is 1. The second kappa shape index (κ2) is 6.22. The molecule has 4 nitrogen and oxygen atoms in total. The summed E-state index contributed by atoms with van der Waals surface area (Å²) < 4.78 is 15.7. The zero-order valence-electron chi connectivity index (χ0n) is 11.7. The molecule has 0 spiro atoms. The molecular formula is C17H14FN3O. The van der Waals surface area contributed by atoms with E-state index in [2.05, 4.69) is 10.3 Å². The molecule has 1 amide bonds. The van der Waals surface area contributed by atoms with Crippen molar-refractivity contribution in [3.63, 3.8) is 0 Å². The third kappa shape index (κ3) is 3.03. The number of rotatable bonds is 4. The van der Waals surface area contributed by atoms with Crippen LogP contribution in [-0.4, -0.2) is 15.5 Å². The van der Waals surface area contributed by atoms with E-state index >= 15 is 0 Å². The Morgan fingerprint density at radius 1 is 1.18 bits per heavy atom. The quantitative estimate of drug-likeness (QED) is 0.804. The molecule has 0 radical (unpaired) electrons. The van der Waals surface area contributed by atoms with E-state index < -0.39 is 11.7 Å². The molecule has 0 saturated heterocycles. The third-order valence-corrected chi connectivity index (χ3v) is 3.27. The highest BCUT2D eigenvalue weighted by Gasteiger charge is 2.12. The van der Waals surface area contributed by atoms with E-state index in [0.717, 1.165) is 11.3 Å². The third-order valence-electron chi connectivity index (χ3n) is 3.27. The van der Waals surface area contributed by atoms with Crippen LogP contribution in [0.25, 0.3) is 5.69 Å². The molecule has 0 atom stereocenters. The second-order valence-electron chi connectivity index (χ2n) is 4.80. The fourth-order valence-electron chi connectivity index (χ4n) is 2.13. The zero-order chi connectivity index (χ0) is 15.4. The molecule has 22 heavy (non-hydrogen) atoms. The number of hydrogen-bond donors (Lipinski definition) is 1. The first-order valence-electron chi connectivity index (χ1n) is 6.84. The maximum absolute atomic E-state index is 13.9. The van der Waals surface area contributed by atoms with Crippen molar-refractivity contribution in [3.05, 3.63) is 84.2 Å². The van der Waals surface area contributed by atoms with Gasteiger partial charge in [-0.1, -0.05) is 6.07 Å². The van der Waals surface area contributed by atoms with Gasteiger partial charge in [0.25, 0.3) is 5.91 Å².